The number of hydrogen-bond acceptors (Lipinski definition) is 3. The van der Waals surface area contributed by atoms with E-state index in [0.29, 0.717) is 5.76 Å². The fraction of sp³-hybridized carbons (Fsp3) is 0.267. The summed E-state index contributed by atoms with van der Waals surface area (Å²) in [6, 6.07) is 9.22. The summed E-state index contributed by atoms with van der Waals surface area (Å²) >= 11 is 0. The van der Waals surface area contributed by atoms with Gasteiger partial charge in [0.2, 0.25) is 0 Å². The van der Waals surface area contributed by atoms with Gasteiger partial charge >= 0.3 is 0 Å². The monoisotopic (exact) mass is 259 g/mol. The molecule has 0 spiro atoms. The molecule has 1 amide bonds. The molecule has 4 nitrogen and oxygen atoms in total. The maximum atomic E-state index is 12.1. The SMILES string of the molecule is COc1ccccc1C(C)NC(=O)c1occc1C. The average molecular weight is 259 g/mol. The maximum Gasteiger partial charge on any atom is 0.287 e. The zero-order chi connectivity index (χ0) is 13.8. The predicted octanol–water partition coefficient (Wildman–Crippen LogP) is 3.09. The molecule has 4 heteroatoms. The molecule has 0 saturated carbocycles. The van der Waals surface area contributed by atoms with Crippen LogP contribution in [-0.2, 0) is 0 Å². The second-order valence-corrected chi connectivity index (χ2v) is 4.37. The number of para-hydroxylation sites is 1. The molecular weight excluding hydrogens is 242 g/mol. The highest BCUT2D eigenvalue weighted by Crippen LogP contribution is 2.24. The Labute approximate surface area is 112 Å². The van der Waals surface area contributed by atoms with Gasteiger partial charge in [-0.2, -0.15) is 0 Å². The van der Waals surface area contributed by atoms with Crippen molar-refractivity contribution in [3.63, 3.8) is 0 Å². The van der Waals surface area contributed by atoms with Crippen molar-refractivity contribution in [2.75, 3.05) is 7.11 Å². The van der Waals surface area contributed by atoms with Gasteiger partial charge in [0, 0.05) is 11.1 Å². The first-order chi connectivity index (χ1) is 9.13. The van der Waals surface area contributed by atoms with Crippen molar-refractivity contribution in [2.45, 2.75) is 19.9 Å². The molecule has 100 valence electrons. The summed E-state index contributed by atoms with van der Waals surface area (Å²) in [5.41, 5.74) is 1.76. The minimum atomic E-state index is -0.221. The van der Waals surface area contributed by atoms with E-state index in [2.05, 4.69) is 5.32 Å². The van der Waals surface area contributed by atoms with Gasteiger partial charge < -0.3 is 14.5 Å². The minimum absolute atomic E-state index is 0.159. The zero-order valence-electron chi connectivity index (χ0n) is 11.3. The first-order valence-electron chi connectivity index (χ1n) is 6.11. The topological polar surface area (TPSA) is 51.5 Å². The smallest absolute Gasteiger partial charge is 0.287 e. The van der Waals surface area contributed by atoms with Crippen molar-refractivity contribution in [1.82, 2.24) is 5.32 Å². The third-order valence-corrected chi connectivity index (χ3v) is 3.02. The number of amides is 1. The Bertz CT molecular complexity index is 574. The van der Waals surface area contributed by atoms with Crippen molar-refractivity contribution >= 4 is 5.91 Å². The van der Waals surface area contributed by atoms with Gasteiger partial charge in [0.25, 0.3) is 5.91 Å². The molecule has 1 heterocycles. The Hall–Kier alpha value is -2.23. The van der Waals surface area contributed by atoms with E-state index in [1.165, 1.54) is 6.26 Å². The molecular formula is C15H17NO3. The van der Waals surface area contributed by atoms with E-state index in [-0.39, 0.29) is 11.9 Å². The van der Waals surface area contributed by atoms with Crippen molar-refractivity contribution in [3.8, 4) is 5.75 Å². The molecule has 1 aromatic heterocycles. The van der Waals surface area contributed by atoms with Gasteiger partial charge in [-0.15, -0.1) is 0 Å². The number of carbonyl (C=O) groups excluding carboxylic acids is 1. The lowest BCUT2D eigenvalue weighted by Gasteiger charge is -2.16. The molecule has 1 unspecified atom stereocenters. The number of benzene rings is 1. The van der Waals surface area contributed by atoms with Crippen LogP contribution in [0.2, 0.25) is 0 Å². The molecule has 1 aromatic carbocycles. The van der Waals surface area contributed by atoms with E-state index in [9.17, 15) is 4.79 Å². The van der Waals surface area contributed by atoms with Crippen LogP contribution in [0.1, 0.15) is 34.6 Å². The van der Waals surface area contributed by atoms with Gasteiger partial charge in [0.1, 0.15) is 5.75 Å². The van der Waals surface area contributed by atoms with Gasteiger partial charge in [0.05, 0.1) is 19.4 Å². The zero-order valence-corrected chi connectivity index (χ0v) is 11.3. The van der Waals surface area contributed by atoms with Gasteiger partial charge in [-0.05, 0) is 26.0 Å². The number of carbonyl (C=O) groups is 1. The van der Waals surface area contributed by atoms with Gasteiger partial charge in [0.15, 0.2) is 5.76 Å². The van der Waals surface area contributed by atoms with Crippen molar-refractivity contribution in [2.24, 2.45) is 0 Å². The van der Waals surface area contributed by atoms with Crippen molar-refractivity contribution in [1.29, 1.82) is 0 Å². The second-order valence-electron chi connectivity index (χ2n) is 4.37. The highest BCUT2D eigenvalue weighted by Gasteiger charge is 2.17. The fourth-order valence-corrected chi connectivity index (χ4v) is 1.97. The molecule has 0 bridgehead atoms. The molecule has 1 atom stereocenters. The molecule has 19 heavy (non-hydrogen) atoms. The molecule has 0 fully saturated rings. The van der Waals surface area contributed by atoms with E-state index in [4.69, 9.17) is 9.15 Å². The fourth-order valence-electron chi connectivity index (χ4n) is 1.97. The number of methoxy groups -OCH3 is 1. The van der Waals surface area contributed by atoms with Crippen molar-refractivity contribution < 1.29 is 13.9 Å². The second kappa shape index (κ2) is 5.61. The van der Waals surface area contributed by atoms with E-state index >= 15 is 0 Å². The summed E-state index contributed by atoms with van der Waals surface area (Å²) in [4.78, 5) is 12.1. The van der Waals surface area contributed by atoms with Crippen LogP contribution in [0.4, 0.5) is 0 Å². The van der Waals surface area contributed by atoms with Crippen LogP contribution in [0.15, 0.2) is 41.0 Å². The standard InChI is InChI=1S/C15H17NO3/c1-10-8-9-19-14(10)15(17)16-11(2)12-6-4-5-7-13(12)18-3/h4-9,11H,1-3H3,(H,16,17). The summed E-state index contributed by atoms with van der Waals surface area (Å²) in [6.07, 6.45) is 1.51. The van der Waals surface area contributed by atoms with Crippen LogP contribution in [0.3, 0.4) is 0 Å². The van der Waals surface area contributed by atoms with Crippen LogP contribution in [0.5, 0.6) is 5.75 Å². The third-order valence-electron chi connectivity index (χ3n) is 3.02. The number of rotatable bonds is 4. The lowest BCUT2D eigenvalue weighted by Crippen LogP contribution is -2.27. The highest BCUT2D eigenvalue weighted by molar-refractivity contribution is 5.93. The van der Waals surface area contributed by atoms with Gasteiger partial charge in [-0.25, -0.2) is 0 Å². The molecule has 0 radical (unpaired) electrons. The predicted molar refractivity (Wildman–Crippen MR) is 72.3 cm³/mol. The first-order valence-corrected chi connectivity index (χ1v) is 6.11. The summed E-state index contributed by atoms with van der Waals surface area (Å²) in [5, 5.41) is 2.90. The minimum Gasteiger partial charge on any atom is -0.496 e. The first kappa shape index (κ1) is 13.2. The largest absolute Gasteiger partial charge is 0.496 e. The highest BCUT2D eigenvalue weighted by atomic mass is 16.5. The summed E-state index contributed by atoms with van der Waals surface area (Å²) in [6.45, 7) is 3.75. The summed E-state index contributed by atoms with van der Waals surface area (Å²) in [7, 11) is 1.62. The quantitative estimate of drug-likeness (QED) is 0.918. The van der Waals surface area contributed by atoms with E-state index in [0.717, 1.165) is 16.9 Å². The number of aryl methyl sites for hydroxylation is 1. The Morgan fingerprint density at radius 3 is 2.68 bits per heavy atom. The Morgan fingerprint density at radius 2 is 2.05 bits per heavy atom. The number of hydrogen-bond donors (Lipinski definition) is 1. The lowest BCUT2D eigenvalue weighted by atomic mass is 10.1. The van der Waals surface area contributed by atoms with Crippen LogP contribution >= 0.6 is 0 Å². The van der Waals surface area contributed by atoms with Crippen LogP contribution in [0.25, 0.3) is 0 Å². The molecule has 0 aliphatic carbocycles. The van der Waals surface area contributed by atoms with Gasteiger partial charge in [-0.3, -0.25) is 4.79 Å². The van der Waals surface area contributed by atoms with Crippen LogP contribution in [0, 0.1) is 6.92 Å². The molecule has 1 N–H and O–H groups in total. The number of furan rings is 1. The molecule has 2 rings (SSSR count). The van der Waals surface area contributed by atoms with Crippen LogP contribution < -0.4 is 10.1 Å². The number of nitrogens with one attached hydrogen (secondary N) is 1. The third kappa shape index (κ3) is 2.78. The Morgan fingerprint density at radius 1 is 1.32 bits per heavy atom. The number of ether oxygens (including phenoxy) is 1. The maximum absolute atomic E-state index is 12.1. The normalized spacial score (nSPS) is 11.9. The lowest BCUT2D eigenvalue weighted by molar-refractivity contribution is 0.0910. The van der Waals surface area contributed by atoms with E-state index in [1.807, 2.05) is 38.1 Å². The summed E-state index contributed by atoms with van der Waals surface area (Å²) in [5.74, 6) is 0.883. The van der Waals surface area contributed by atoms with Crippen LogP contribution in [-0.4, -0.2) is 13.0 Å². The van der Waals surface area contributed by atoms with Gasteiger partial charge in [-0.1, -0.05) is 18.2 Å². The van der Waals surface area contributed by atoms with E-state index < -0.39 is 0 Å². The van der Waals surface area contributed by atoms with Crippen molar-refractivity contribution in [3.05, 3.63) is 53.5 Å². The molecule has 0 aliphatic heterocycles. The average Bonchev–Trinajstić information content (AvgIpc) is 2.85. The molecule has 0 aliphatic rings. The summed E-state index contributed by atoms with van der Waals surface area (Å²) < 4.78 is 10.5. The van der Waals surface area contributed by atoms with E-state index in [1.54, 1.807) is 13.2 Å². The molecule has 2 aromatic rings. The molecule has 0 saturated heterocycles. The Balaban J connectivity index is 2.15. The Kier molecular flexibility index (Phi) is 3.90.